The van der Waals surface area contributed by atoms with Crippen molar-refractivity contribution in [2.45, 2.75) is 25.7 Å². The molecule has 74 valence electrons. The molecule has 0 aliphatic heterocycles. The van der Waals surface area contributed by atoms with E-state index >= 15 is 0 Å². The molecule has 13 heavy (non-hydrogen) atoms. The third-order valence-electron chi connectivity index (χ3n) is 1.66. The Balaban J connectivity index is 2.34. The van der Waals surface area contributed by atoms with Crippen LogP contribution in [0.3, 0.4) is 0 Å². The Labute approximate surface area is 76.9 Å². The summed E-state index contributed by atoms with van der Waals surface area (Å²) in [7, 11) is 0. The van der Waals surface area contributed by atoms with E-state index in [1.807, 2.05) is 0 Å². The number of hydrogen-bond acceptors (Lipinski definition) is 5. The van der Waals surface area contributed by atoms with Crippen LogP contribution in [-0.4, -0.2) is 28.4 Å². The van der Waals surface area contributed by atoms with Gasteiger partial charge in [-0.1, -0.05) is 5.16 Å². The molecule has 1 aromatic heterocycles. The molecule has 1 rings (SSSR count). The molecular formula is C8H15N3O2. The van der Waals surface area contributed by atoms with Crippen LogP contribution >= 0.6 is 0 Å². The summed E-state index contributed by atoms with van der Waals surface area (Å²) in [5, 5.41) is 12.4. The Morgan fingerprint density at radius 2 is 2.15 bits per heavy atom. The van der Waals surface area contributed by atoms with E-state index in [1.165, 1.54) is 0 Å². The first-order chi connectivity index (χ1) is 6.36. The molecule has 0 saturated heterocycles. The van der Waals surface area contributed by atoms with Crippen LogP contribution in [0.25, 0.3) is 0 Å². The molecule has 0 unspecified atom stereocenters. The minimum Gasteiger partial charge on any atom is -0.396 e. The van der Waals surface area contributed by atoms with Crippen molar-refractivity contribution in [3.8, 4) is 0 Å². The Hall–Kier alpha value is -0.940. The quantitative estimate of drug-likeness (QED) is 0.645. The molecule has 0 spiro atoms. The number of nitrogens with zero attached hydrogens (tertiary/aromatic N) is 2. The lowest BCUT2D eigenvalue weighted by atomic mass is 10.3. The standard InChI is InChI=1S/C8H15N3O2/c9-5-1-3-7-10-8(13-11-7)4-2-6-12/h12H,1-6,9H2. The molecule has 1 aromatic rings. The fourth-order valence-electron chi connectivity index (χ4n) is 0.984. The number of aryl methyl sites for hydroxylation is 2. The van der Waals surface area contributed by atoms with Gasteiger partial charge in [-0.15, -0.1) is 0 Å². The van der Waals surface area contributed by atoms with Gasteiger partial charge in [0.05, 0.1) is 0 Å². The molecule has 0 atom stereocenters. The Morgan fingerprint density at radius 1 is 1.31 bits per heavy atom. The summed E-state index contributed by atoms with van der Waals surface area (Å²) < 4.78 is 4.95. The fraction of sp³-hybridized carbons (Fsp3) is 0.750. The van der Waals surface area contributed by atoms with Crippen molar-refractivity contribution in [1.29, 1.82) is 0 Å². The van der Waals surface area contributed by atoms with Crippen molar-refractivity contribution in [1.82, 2.24) is 10.1 Å². The molecule has 5 heteroatoms. The summed E-state index contributed by atoms with van der Waals surface area (Å²) >= 11 is 0. The maximum Gasteiger partial charge on any atom is 0.226 e. The topological polar surface area (TPSA) is 85.2 Å². The second-order valence-corrected chi connectivity index (χ2v) is 2.82. The van der Waals surface area contributed by atoms with Crippen molar-refractivity contribution in [2.75, 3.05) is 13.2 Å². The Bertz CT molecular complexity index is 215. The summed E-state index contributed by atoms with van der Waals surface area (Å²) in [6.45, 7) is 0.793. The lowest BCUT2D eigenvalue weighted by Gasteiger charge is -1.89. The molecule has 0 radical (unpaired) electrons. The van der Waals surface area contributed by atoms with Gasteiger partial charge in [-0.05, 0) is 19.4 Å². The molecule has 0 saturated carbocycles. The van der Waals surface area contributed by atoms with E-state index in [0.717, 1.165) is 12.8 Å². The highest BCUT2D eigenvalue weighted by atomic mass is 16.5. The molecule has 1 heterocycles. The first-order valence-electron chi connectivity index (χ1n) is 4.49. The van der Waals surface area contributed by atoms with E-state index in [1.54, 1.807) is 0 Å². The number of aromatic nitrogens is 2. The van der Waals surface area contributed by atoms with Gasteiger partial charge in [0.25, 0.3) is 0 Å². The Morgan fingerprint density at radius 3 is 2.85 bits per heavy atom. The molecule has 3 N–H and O–H groups in total. The minimum atomic E-state index is 0.153. The van der Waals surface area contributed by atoms with E-state index in [0.29, 0.717) is 31.1 Å². The van der Waals surface area contributed by atoms with Gasteiger partial charge in [-0.2, -0.15) is 4.98 Å². The predicted octanol–water partition coefficient (Wildman–Crippen LogP) is -0.114. The van der Waals surface area contributed by atoms with Crippen LogP contribution in [0.1, 0.15) is 24.6 Å². The number of aliphatic hydroxyl groups is 1. The van der Waals surface area contributed by atoms with Crippen LogP contribution < -0.4 is 5.73 Å². The second kappa shape index (κ2) is 5.66. The van der Waals surface area contributed by atoms with E-state index < -0.39 is 0 Å². The molecule has 0 aromatic carbocycles. The van der Waals surface area contributed by atoms with Crippen LogP contribution in [0, 0.1) is 0 Å². The van der Waals surface area contributed by atoms with Crippen molar-refractivity contribution in [2.24, 2.45) is 5.73 Å². The van der Waals surface area contributed by atoms with E-state index in [9.17, 15) is 0 Å². The van der Waals surface area contributed by atoms with Gasteiger partial charge in [0.15, 0.2) is 5.82 Å². The van der Waals surface area contributed by atoms with E-state index in [2.05, 4.69) is 10.1 Å². The van der Waals surface area contributed by atoms with Crippen LogP contribution in [0.2, 0.25) is 0 Å². The highest BCUT2D eigenvalue weighted by Gasteiger charge is 2.04. The van der Waals surface area contributed by atoms with Crippen LogP contribution in [-0.2, 0) is 12.8 Å². The first-order valence-corrected chi connectivity index (χ1v) is 4.49. The monoisotopic (exact) mass is 185 g/mol. The molecular weight excluding hydrogens is 170 g/mol. The zero-order chi connectivity index (χ0) is 9.52. The summed E-state index contributed by atoms with van der Waals surface area (Å²) in [5.74, 6) is 1.31. The van der Waals surface area contributed by atoms with Crippen LogP contribution in [0.15, 0.2) is 4.52 Å². The third-order valence-corrected chi connectivity index (χ3v) is 1.66. The van der Waals surface area contributed by atoms with Crippen molar-refractivity contribution >= 4 is 0 Å². The highest BCUT2D eigenvalue weighted by Crippen LogP contribution is 2.02. The van der Waals surface area contributed by atoms with Gasteiger partial charge in [0.1, 0.15) is 0 Å². The summed E-state index contributed by atoms with van der Waals surface area (Å²) in [6.07, 6.45) is 2.95. The maximum absolute atomic E-state index is 8.57. The summed E-state index contributed by atoms with van der Waals surface area (Å²) in [6, 6.07) is 0. The van der Waals surface area contributed by atoms with E-state index in [-0.39, 0.29) is 6.61 Å². The highest BCUT2D eigenvalue weighted by molar-refractivity contribution is 4.86. The predicted molar refractivity (Wildman–Crippen MR) is 47.1 cm³/mol. The minimum absolute atomic E-state index is 0.153. The van der Waals surface area contributed by atoms with Crippen LogP contribution in [0.4, 0.5) is 0 Å². The van der Waals surface area contributed by atoms with Gasteiger partial charge in [-0.25, -0.2) is 0 Å². The van der Waals surface area contributed by atoms with Gasteiger partial charge in [0, 0.05) is 19.4 Å². The molecule has 0 aliphatic rings. The normalized spacial score (nSPS) is 10.6. The Kier molecular flexibility index (Phi) is 4.42. The fourth-order valence-corrected chi connectivity index (χ4v) is 0.984. The summed E-state index contributed by atoms with van der Waals surface area (Å²) in [5.41, 5.74) is 5.34. The van der Waals surface area contributed by atoms with Crippen molar-refractivity contribution in [3.05, 3.63) is 11.7 Å². The number of aliphatic hydroxyl groups excluding tert-OH is 1. The number of nitrogens with two attached hydrogens (primary N) is 1. The lowest BCUT2D eigenvalue weighted by molar-refractivity contribution is 0.278. The SMILES string of the molecule is NCCCc1noc(CCCO)n1. The zero-order valence-corrected chi connectivity index (χ0v) is 7.57. The molecule has 0 bridgehead atoms. The smallest absolute Gasteiger partial charge is 0.226 e. The van der Waals surface area contributed by atoms with Gasteiger partial charge < -0.3 is 15.4 Å². The van der Waals surface area contributed by atoms with Gasteiger partial charge in [0.2, 0.25) is 5.89 Å². The van der Waals surface area contributed by atoms with Crippen molar-refractivity contribution < 1.29 is 9.63 Å². The number of rotatable bonds is 6. The van der Waals surface area contributed by atoms with Gasteiger partial charge >= 0.3 is 0 Å². The largest absolute Gasteiger partial charge is 0.396 e. The van der Waals surface area contributed by atoms with E-state index in [4.69, 9.17) is 15.4 Å². The van der Waals surface area contributed by atoms with Crippen LogP contribution in [0.5, 0.6) is 0 Å². The summed E-state index contributed by atoms with van der Waals surface area (Å²) in [4.78, 5) is 4.14. The number of hydrogen-bond donors (Lipinski definition) is 2. The zero-order valence-electron chi connectivity index (χ0n) is 7.57. The molecule has 0 amide bonds. The lowest BCUT2D eigenvalue weighted by Crippen LogP contribution is -2.01. The average molecular weight is 185 g/mol. The first kappa shape index (κ1) is 10.1. The van der Waals surface area contributed by atoms with Crippen molar-refractivity contribution in [3.63, 3.8) is 0 Å². The average Bonchev–Trinajstić information content (AvgIpc) is 2.59. The molecule has 0 fully saturated rings. The second-order valence-electron chi connectivity index (χ2n) is 2.82. The molecule has 0 aliphatic carbocycles. The third kappa shape index (κ3) is 3.52. The molecule has 5 nitrogen and oxygen atoms in total. The maximum atomic E-state index is 8.57. The van der Waals surface area contributed by atoms with Gasteiger partial charge in [-0.3, -0.25) is 0 Å².